The Morgan fingerprint density at radius 3 is 2.52 bits per heavy atom. The number of H-pyrrole nitrogens is 1. The average Bonchev–Trinajstić information content (AvgIpc) is 3.12. The molecule has 2 aromatic carbocycles. The van der Waals surface area contributed by atoms with Gasteiger partial charge in [0.2, 0.25) is 0 Å². The van der Waals surface area contributed by atoms with Gasteiger partial charge in [-0.3, -0.25) is 19.3 Å². The number of nitrogens with one attached hydrogen (secondary N) is 2. The van der Waals surface area contributed by atoms with Gasteiger partial charge < -0.3 is 10.3 Å². The fraction of sp³-hybridized carbons (Fsp3) is 0.190. The Morgan fingerprint density at radius 2 is 1.78 bits per heavy atom. The van der Waals surface area contributed by atoms with E-state index < -0.39 is 0 Å². The van der Waals surface area contributed by atoms with Crippen molar-refractivity contribution in [3.63, 3.8) is 0 Å². The molecule has 1 aromatic heterocycles. The van der Waals surface area contributed by atoms with Crippen LogP contribution in [0.1, 0.15) is 50.6 Å². The van der Waals surface area contributed by atoms with Crippen LogP contribution in [0.25, 0.3) is 10.9 Å². The number of benzene rings is 2. The predicted octanol–water partition coefficient (Wildman–Crippen LogP) is 3.73. The third-order valence-corrected chi connectivity index (χ3v) is 4.74. The molecule has 0 saturated carbocycles. The number of aromatic nitrogens is 1. The van der Waals surface area contributed by atoms with Crippen molar-refractivity contribution in [2.75, 3.05) is 5.32 Å². The number of imide groups is 1. The van der Waals surface area contributed by atoms with Gasteiger partial charge in [-0.2, -0.15) is 0 Å². The Hall–Kier alpha value is -3.41. The molecule has 27 heavy (non-hydrogen) atoms. The van der Waals surface area contributed by atoms with E-state index in [1.54, 1.807) is 26.0 Å². The number of hydrogen-bond acceptors (Lipinski definition) is 3. The number of fused-ring (bicyclic) bond motifs is 2. The van der Waals surface area contributed by atoms with Crippen LogP contribution in [-0.2, 0) is 0 Å². The Morgan fingerprint density at radius 1 is 1.04 bits per heavy atom. The highest BCUT2D eigenvalue weighted by molar-refractivity contribution is 6.22. The van der Waals surface area contributed by atoms with Crippen LogP contribution in [0.3, 0.4) is 0 Å². The van der Waals surface area contributed by atoms with E-state index in [2.05, 4.69) is 10.3 Å². The van der Waals surface area contributed by atoms with E-state index in [9.17, 15) is 14.4 Å². The minimum atomic E-state index is -0.358. The standard InChI is InChI=1S/C21H19N3O3/c1-11(2)24-20(26)14-8-7-13(10-15(14)21(24)27)19(25)23-18-6-4-5-17-16(18)9-12(3)22-17/h4-11,22H,1-3H3,(H,23,25). The van der Waals surface area contributed by atoms with Crippen molar-refractivity contribution in [3.05, 3.63) is 64.8 Å². The monoisotopic (exact) mass is 361 g/mol. The van der Waals surface area contributed by atoms with Crippen molar-refractivity contribution in [1.82, 2.24) is 9.88 Å². The van der Waals surface area contributed by atoms with Crippen molar-refractivity contribution >= 4 is 34.3 Å². The summed E-state index contributed by atoms with van der Waals surface area (Å²) in [7, 11) is 0. The summed E-state index contributed by atoms with van der Waals surface area (Å²) < 4.78 is 0. The number of anilines is 1. The van der Waals surface area contributed by atoms with Crippen molar-refractivity contribution < 1.29 is 14.4 Å². The van der Waals surface area contributed by atoms with Crippen molar-refractivity contribution in [1.29, 1.82) is 0 Å². The first kappa shape index (κ1) is 17.0. The number of carbonyl (C=O) groups excluding carboxylic acids is 3. The summed E-state index contributed by atoms with van der Waals surface area (Å²) in [6.45, 7) is 5.53. The second-order valence-electron chi connectivity index (χ2n) is 7.01. The lowest BCUT2D eigenvalue weighted by Crippen LogP contribution is -2.35. The molecule has 2 N–H and O–H groups in total. The second-order valence-corrected chi connectivity index (χ2v) is 7.01. The van der Waals surface area contributed by atoms with Gasteiger partial charge in [0, 0.05) is 28.2 Å². The zero-order chi connectivity index (χ0) is 19.3. The SMILES string of the molecule is Cc1cc2c(NC(=O)c3ccc4c(c3)C(=O)N(C(C)C)C4=O)cccc2[nH]1. The number of hydrogen-bond donors (Lipinski definition) is 2. The van der Waals surface area contributed by atoms with Gasteiger partial charge in [0.25, 0.3) is 17.7 Å². The van der Waals surface area contributed by atoms with Crippen molar-refractivity contribution in [2.24, 2.45) is 0 Å². The number of aryl methyl sites for hydroxylation is 1. The molecule has 0 saturated heterocycles. The highest BCUT2D eigenvalue weighted by atomic mass is 16.2. The van der Waals surface area contributed by atoms with Crippen LogP contribution in [0.15, 0.2) is 42.5 Å². The zero-order valence-electron chi connectivity index (χ0n) is 15.3. The maximum absolute atomic E-state index is 12.7. The molecule has 0 spiro atoms. The lowest BCUT2D eigenvalue weighted by molar-refractivity contribution is 0.0609. The molecular weight excluding hydrogens is 342 g/mol. The normalized spacial score (nSPS) is 13.6. The van der Waals surface area contributed by atoms with E-state index in [0.717, 1.165) is 16.6 Å². The van der Waals surface area contributed by atoms with Crippen molar-refractivity contribution in [2.45, 2.75) is 26.8 Å². The van der Waals surface area contributed by atoms with Crippen LogP contribution in [0.5, 0.6) is 0 Å². The summed E-state index contributed by atoms with van der Waals surface area (Å²) in [5.74, 6) is -1.00. The Balaban J connectivity index is 1.66. The first-order valence-electron chi connectivity index (χ1n) is 8.78. The Kier molecular flexibility index (Phi) is 3.84. The molecule has 3 amide bonds. The van der Waals surface area contributed by atoms with Gasteiger partial charge in [-0.1, -0.05) is 6.07 Å². The quantitative estimate of drug-likeness (QED) is 0.697. The third-order valence-electron chi connectivity index (χ3n) is 4.74. The lowest BCUT2D eigenvalue weighted by Gasteiger charge is -2.17. The summed E-state index contributed by atoms with van der Waals surface area (Å²) in [6, 6.07) is 12.0. The molecular formula is C21H19N3O3. The molecule has 0 bridgehead atoms. The minimum Gasteiger partial charge on any atom is -0.359 e. The zero-order valence-corrected chi connectivity index (χ0v) is 15.3. The van der Waals surface area contributed by atoms with Crippen LogP contribution < -0.4 is 5.32 Å². The van der Waals surface area contributed by atoms with E-state index in [0.29, 0.717) is 16.8 Å². The molecule has 1 aliphatic heterocycles. The van der Waals surface area contributed by atoms with Crippen LogP contribution in [0.4, 0.5) is 5.69 Å². The van der Waals surface area contributed by atoms with Crippen LogP contribution >= 0.6 is 0 Å². The lowest BCUT2D eigenvalue weighted by atomic mass is 10.1. The molecule has 1 aliphatic rings. The first-order valence-corrected chi connectivity index (χ1v) is 8.78. The molecule has 0 radical (unpaired) electrons. The Bertz CT molecular complexity index is 1110. The van der Waals surface area contributed by atoms with E-state index in [1.807, 2.05) is 31.2 Å². The fourth-order valence-corrected chi connectivity index (χ4v) is 3.47. The van der Waals surface area contributed by atoms with E-state index in [-0.39, 0.29) is 29.3 Å². The number of carbonyl (C=O) groups is 3. The van der Waals surface area contributed by atoms with Gasteiger partial charge in [0.15, 0.2) is 0 Å². The van der Waals surface area contributed by atoms with Gasteiger partial charge in [-0.25, -0.2) is 0 Å². The van der Waals surface area contributed by atoms with Crippen LogP contribution in [-0.4, -0.2) is 33.6 Å². The number of nitrogens with zero attached hydrogens (tertiary/aromatic N) is 1. The minimum absolute atomic E-state index is 0.232. The van der Waals surface area contributed by atoms with Gasteiger partial charge in [-0.05, 0) is 57.2 Å². The van der Waals surface area contributed by atoms with Gasteiger partial charge in [0.1, 0.15) is 0 Å². The topological polar surface area (TPSA) is 82.3 Å². The van der Waals surface area contributed by atoms with Gasteiger partial charge in [0.05, 0.1) is 16.8 Å². The summed E-state index contributed by atoms with van der Waals surface area (Å²) in [6.07, 6.45) is 0. The van der Waals surface area contributed by atoms with E-state index in [1.165, 1.54) is 11.0 Å². The fourth-order valence-electron chi connectivity index (χ4n) is 3.47. The van der Waals surface area contributed by atoms with E-state index in [4.69, 9.17) is 0 Å². The summed E-state index contributed by atoms with van der Waals surface area (Å²) in [5.41, 5.74) is 3.58. The molecule has 6 heteroatoms. The molecule has 0 fully saturated rings. The largest absolute Gasteiger partial charge is 0.359 e. The molecule has 4 rings (SSSR count). The maximum atomic E-state index is 12.7. The molecule has 2 heterocycles. The van der Waals surface area contributed by atoms with Crippen LogP contribution in [0.2, 0.25) is 0 Å². The molecule has 0 atom stereocenters. The summed E-state index contributed by atoms with van der Waals surface area (Å²) in [4.78, 5) is 42.1. The smallest absolute Gasteiger partial charge is 0.261 e. The van der Waals surface area contributed by atoms with Crippen molar-refractivity contribution in [3.8, 4) is 0 Å². The summed E-state index contributed by atoms with van der Waals surface area (Å²) >= 11 is 0. The average molecular weight is 361 g/mol. The Labute approximate surface area is 156 Å². The summed E-state index contributed by atoms with van der Waals surface area (Å²) in [5, 5.41) is 3.82. The molecule has 3 aromatic rings. The van der Waals surface area contributed by atoms with Gasteiger partial charge in [-0.15, -0.1) is 0 Å². The third kappa shape index (κ3) is 2.70. The maximum Gasteiger partial charge on any atom is 0.261 e. The molecule has 6 nitrogen and oxygen atoms in total. The van der Waals surface area contributed by atoms with Crippen LogP contribution in [0, 0.1) is 6.92 Å². The highest BCUT2D eigenvalue weighted by Crippen LogP contribution is 2.27. The second kappa shape index (κ2) is 6.09. The number of aromatic amines is 1. The van der Waals surface area contributed by atoms with Gasteiger partial charge >= 0.3 is 0 Å². The molecule has 136 valence electrons. The molecule has 0 aliphatic carbocycles. The first-order chi connectivity index (χ1) is 12.9. The highest BCUT2D eigenvalue weighted by Gasteiger charge is 2.37. The molecule has 0 unspecified atom stereocenters. The number of rotatable bonds is 3. The predicted molar refractivity (Wildman–Crippen MR) is 103 cm³/mol. The number of amides is 3. The van der Waals surface area contributed by atoms with E-state index >= 15 is 0 Å².